The van der Waals surface area contributed by atoms with Gasteiger partial charge in [0.25, 0.3) is 0 Å². The highest BCUT2D eigenvalue weighted by atomic mass is 32.3. The van der Waals surface area contributed by atoms with Crippen LogP contribution in [0.15, 0.2) is 36.5 Å². The van der Waals surface area contributed by atoms with Crippen molar-refractivity contribution in [2.24, 2.45) is 0 Å². The predicted octanol–water partition coefficient (Wildman–Crippen LogP) is 5.55. The molecule has 1 amide bonds. The summed E-state index contributed by atoms with van der Waals surface area (Å²) in [6.07, 6.45) is 7.60. The molecule has 0 spiro atoms. The Morgan fingerprint density at radius 3 is 2.48 bits per heavy atom. The van der Waals surface area contributed by atoms with Gasteiger partial charge in [-0.25, -0.2) is 29.0 Å². The van der Waals surface area contributed by atoms with Crippen LogP contribution in [-0.2, 0) is 32.2 Å². The third-order valence-corrected chi connectivity index (χ3v) is 7.25. The van der Waals surface area contributed by atoms with Gasteiger partial charge in [0, 0.05) is 24.1 Å². The van der Waals surface area contributed by atoms with Crippen LogP contribution in [0.25, 0.3) is 11.0 Å². The zero-order chi connectivity index (χ0) is 29.7. The molecule has 0 radical (unpaired) electrons. The third-order valence-electron chi connectivity index (χ3n) is 5.86. The van der Waals surface area contributed by atoms with Gasteiger partial charge < -0.3 is 28.8 Å². The molecule has 0 aliphatic heterocycles. The first-order valence-corrected chi connectivity index (χ1v) is 15.9. The van der Waals surface area contributed by atoms with E-state index in [-0.39, 0.29) is 12.2 Å². The van der Waals surface area contributed by atoms with Gasteiger partial charge in [0.15, 0.2) is 11.6 Å². The average molecular weight is 578 g/mol. The van der Waals surface area contributed by atoms with E-state index in [0.29, 0.717) is 30.3 Å². The van der Waals surface area contributed by atoms with Crippen molar-refractivity contribution in [1.29, 1.82) is 0 Å². The molecule has 3 rings (SSSR count). The Balaban J connectivity index is 1.75. The lowest BCUT2D eigenvalue weighted by Gasteiger charge is -2.24. The number of fused-ring (bicyclic) bond motifs is 1. The number of ether oxygens (including phenoxy) is 4. The summed E-state index contributed by atoms with van der Waals surface area (Å²) < 4.78 is 39.0. The molecular formula is C29H40FN3O6S. The minimum atomic E-state index is -1.05. The number of nitrogens with one attached hydrogen (secondary N) is 1. The van der Waals surface area contributed by atoms with E-state index < -0.39 is 39.6 Å². The number of halogens is 1. The van der Waals surface area contributed by atoms with Crippen molar-refractivity contribution in [3.8, 4) is 11.5 Å². The first kappa shape index (κ1) is 31.2. The molecule has 0 aliphatic rings. The minimum Gasteiger partial charge on any atom is -0.467 e. The summed E-state index contributed by atoms with van der Waals surface area (Å²) >= 11 is 0. The van der Waals surface area contributed by atoms with E-state index >= 15 is 4.39 Å². The quantitative estimate of drug-likeness (QED) is 0.235. The van der Waals surface area contributed by atoms with Gasteiger partial charge in [-0.2, -0.15) is 0 Å². The van der Waals surface area contributed by atoms with Crippen LogP contribution in [0.1, 0.15) is 32.0 Å². The lowest BCUT2D eigenvalue weighted by Crippen LogP contribution is -2.45. The Labute approximate surface area is 236 Å². The van der Waals surface area contributed by atoms with Gasteiger partial charge in [0.2, 0.25) is 0 Å². The summed E-state index contributed by atoms with van der Waals surface area (Å²) in [5.74, 6) is 0.193. The highest BCUT2D eigenvalue weighted by Gasteiger charge is 2.26. The van der Waals surface area contributed by atoms with E-state index in [1.54, 1.807) is 39.1 Å². The number of rotatable bonds is 11. The third kappa shape index (κ3) is 8.85. The zero-order valence-corrected chi connectivity index (χ0v) is 25.3. The van der Waals surface area contributed by atoms with E-state index in [0.717, 1.165) is 16.8 Å². The van der Waals surface area contributed by atoms with Crippen LogP contribution in [0.4, 0.5) is 9.18 Å². The number of esters is 1. The predicted molar refractivity (Wildman–Crippen MR) is 156 cm³/mol. The van der Waals surface area contributed by atoms with E-state index in [1.165, 1.54) is 19.2 Å². The van der Waals surface area contributed by atoms with Crippen molar-refractivity contribution in [3.05, 3.63) is 53.6 Å². The Morgan fingerprint density at radius 1 is 1.12 bits per heavy atom. The average Bonchev–Trinajstić information content (AvgIpc) is 3.16. The van der Waals surface area contributed by atoms with E-state index in [2.05, 4.69) is 29.1 Å². The summed E-state index contributed by atoms with van der Waals surface area (Å²) in [6, 6.07) is 6.95. The number of aryl methyl sites for hydroxylation is 1. The molecule has 2 heterocycles. The largest absolute Gasteiger partial charge is 0.467 e. The summed E-state index contributed by atoms with van der Waals surface area (Å²) in [7, 11) is 0.572. The molecule has 220 valence electrons. The van der Waals surface area contributed by atoms with Crippen molar-refractivity contribution in [2.75, 3.05) is 38.2 Å². The molecule has 2 aromatic heterocycles. The summed E-state index contributed by atoms with van der Waals surface area (Å²) in [4.78, 5) is 29.0. The van der Waals surface area contributed by atoms with Crippen LogP contribution >= 0.6 is 10.0 Å². The number of benzene rings is 1. The second-order valence-corrected chi connectivity index (χ2v) is 16.0. The smallest absolute Gasteiger partial charge is 0.408 e. The number of carbonyl (C=O) groups excluding carboxylic acids is 2. The molecule has 1 atom stereocenters. The maximum Gasteiger partial charge on any atom is 0.408 e. The minimum absolute atomic E-state index is 0.00136. The van der Waals surface area contributed by atoms with E-state index in [9.17, 15) is 9.59 Å². The Hall–Kier alpha value is -3.31. The Bertz CT molecular complexity index is 1350. The standard InChI is InChI=1S/C29H40FN3O6S/c1-19-15-21-24(11-12-31-26(21)33(19)18-37-13-14-40(6,7)8)38-25-10-9-20(16-22(25)30)17-23(27(34)36-5)32-28(35)39-29(2,3)4/h9-12,15-16,23H,13-14,17-18H2,1-8H3,(H,32,35)/t23-/m0/s1. The van der Waals surface area contributed by atoms with Gasteiger partial charge in [0.05, 0.1) is 19.1 Å². The van der Waals surface area contributed by atoms with E-state index in [4.69, 9.17) is 18.9 Å². The number of alkyl carbamates (subject to hydrolysis) is 1. The van der Waals surface area contributed by atoms with Crippen LogP contribution in [0.2, 0.25) is 0 Å². The van der Waals surface area contributed by atoms with Crippen molar-refractivity contribution < 1.29 is 32.9 Å². The fraction of sp³-hybridized carbons (Fsp3) is 0.483. The molecule has 0 saturated heterocycles. The van der Waals surface area contributed by atoms with Gasteiger partial charge in [0.1, 0.15) is 29.8 Å². The van der Waals surface area contributed by atoms with Crippen molar-refractivity contribution >= 4 is 33.1 Å². The number of aromatic nitrogens is 2. The monoisotopic (exact) mass is 577 g/mol. The number of amides is 1. The molecule has 0 fully saturated rings. The molecule has 11 heteroatoms. The molecule has 0 saturated carbocycles. The van der Waals surface area contributed by atoms with Gasteiger partial charge >= 0.3 is 12.1 Å². The number of carbonyl (C=O) groups is 2. The van der Waals surface area contributed by atoms with Crippen LogP contribution in [0.5, 0.6) is 11.5 Å². The molecular weight excluding hydrogens is 537 g/mol. The van der Waals surface area contributed by atoms with Crippen LogP contribution in [0, 0.1) is 12.7 Å². The summed E-state index contributed by atoms with van der Waals surface area (Å²) in [5.41, 5.74) is 1.36. The Kier molecular flexibility index (Phi) is 10.1. The molecule has 3 aromatic rings. The highest BCUT2D eigenvalue weighted by molar-refractivity contribution is 8.32. The molecule has 0 aliphatic carbocycles. The summed E-state index contributed by atoms with van der Waals surface area (Å²) in [5, 5.41) is 3.23. The number of hydrogen-bond donors (Lipinski definition) is 1. The zero-order valence-electron chi connectivity index (χ0n) is 24.5. The fourth-order valence-corrected chi connectivity index (χ4v) is 4.48. The van der Waals surface area contributed by atoms with Crippen LogP contribution in [-0.4, -0.2) is 71.5 Å². The van der Waals surface area contributed by atoms with Crippen molar-refractivity contribution in [2.45, 2.75) is 52.5 Å². The molecule has 0 unspecified atom stereocenters. The number of nitrogens with zero attached hydrogens (tertiary/aromatic N) is 2. The van der Waals surface area contributed by atoms with Crippen LogP contribution < -0.4 is 10.1 Å². The van der Waals surface area contributed by atoms with E-state index in [1.807, 2.05) is 17.6 Å². The maximum atomic E-state index is 15.1. The SMILES string of the molecule is COC(=O)[C@H](Cc1ccc(Oc2ccnc3c2cc(C)n3COCCS(C)(C)C)c(F)c1)NC(=O)OC(C)(C)C. The van der Waals surface area contributed by atoms with Crippen LogP contribution in [0.3, 0.4) is 0 Å². The topological polar surface area (TPSA) is 101 Å². The van der Waals surface area contributed by atoms with Crippen molar-refractivity contribution in [3.63, 3.8) is 0 Å². The lowest BCUT2D eigenvalue weighted by molar-refractivity contribution is -0.143. The molecule has 1 N–H and O–H groups in total. The van der Waals surface area contributed by atoms with Gasteiger partial charge in [-0.15, -0.1) is 0 Å². The molecule has 40 heavy (non-hydrogen) atoms. The maximum absolute atomic E-state index is 15.1. The normalized spacial score (nSPS) is 13.1. The van der Waals surface area contributed by atoms with Gasteiger partial charge in [-0.3, -0.25) is 0 Å². The number of methoxy groups -OCH3 is 1. The fourth-order valence-electron chi connectivity index (χ4n) is 3.86. The first-order chi connectivity index (χ1) is 18.7. The van der Waals surface area contributed by atoms with Gasteiger partial charge in [-0.05, 0) is 76.3 Å². The number of pyridine rings is 1. The number of hydrogen-bond acceptors (Lipinski definition) is 7. The summed E-state index contributed by atoms with van der Waals surface area (Å²) in [6.45, 7) is 8.12. The van der Waals surface area contributed by atoms with Crippen molar-refractivity contribution in [1.82, 2.24) is 14.9 Å². The molecule has 1 aromatic carbocycles. The second kappa shape index (κ2) is 12.9. The lowest BCUT2D eigenvalue weighted by atomic mass is 10.1. The molecule has 9 nitrogen and oxygen atoms in total. The highest BCUT2D eigenvalue weighted by Crippen LogP contribution is 2.34. The first-order valence-electron chi connectivity index (χ1n) is 12.9. The second-order valence-electron chi connectivity index (χ2n) is 11.4. The Morgan fingerprint density at radius 2 is 1.85 bits per heavy atom. The van der Waals surface area contributed by atoms with Gasteiger partial charge in [-0.1, -0.05) is 6.07 Å². The molecule has 0 bridgehead atoms.